The van der Waals surface area contributed by atoms with Crippen molar-refractivity contribution in [2.24, 2.45) is 11.8 Å². The fourth-order valence-electron chi connectivity index (χ4n) is 3.15. The molecule has 0 saturated carbocycles. The van der Waals surface area contributed by atoms with Crippen molar-refractivity contribution in [2.45, 2.75) is 33.3 Å². The van der Waals surface area contributed by atoms with Gasteiger partial charge in [-0.1, -0.05) is 27.7 Å². The van der Waals surface area contributed by atoms with E-state index in [1.54, 1.807) is 0 Å². The van der Waals surface area contributed by atoms with Gasteiger partial charge < -0.3 is 42.7 Å². The average molecular weight is 485 g/mol. The SMILES string of the molecule is CC(C)C(COCCOCCOCCOCCOCCOCCOCCO)(O[SiH3])C(C)C. The first-order valence-corrected chi connectivity index (χ1v) is 12.5. The molecule has 0 unspecified atom stereocenters. The average Bonchev–Trinajstić information content (AvgIpc) is 2.77. The lowest BCUT2D eigenvalue weighted by Gasteiger charge is -2.40. The van der Waals surface area contributed by atoms with Gasteiger partial charge in [-0.2, -0.15) is 0 Å². The molecule has 0 saturated heterocycles. The molecule has 0 aliphatic heterocycles. The summed E-state index contributed by atoms with van der Waals surface area (Å²) < 4.78 is 44.0. The Bertz CT molecular complexity index is 378. The zero-order valence-corrected chi connectivity index (χ0v) is 23.0. The molecule has 0 aromatic rings. The van der Waals surface area contributed by atoms with Crippen LogP contribution in [0.3, 0.4) is 0 Å². The Kier molecular flexibility index (Phi) is 22.5. The van der Waals surface area contributed by atoms with E-state index in [1.807, 2.05) is 0 Å². The van der Waals surface area contributed by atoms with Gasteiger partial charge in [-0.15, -0.1) is 0 Å². The Morgan fingerprint density at radius 1 is 0.531 bits per heavy atom. The number of aliphatic hydroxyl groups excluding tert-OH is 1. The highest BCUT2D eigenvalue weighted by Gasteiger charge is 2.36. The zero-order valence-electron chi connectivity index (χ0n) is 21.0. The largest absolute Gasteiger partial charge is 0.420 e. The minimum absolute atomic E-state index is 0.0335. The maximum absolute atomic E-state index is 8.55. The van der Waals surface area contributed by atoms with E-state index in [-0.39, 0.29) is 12.2 Å². The van der Waals surface area contributed by atoms with Gasteiger partial charge in [-0.25, -0.2) is 0 Å². The molecule has 0 heterocycles. The van der Waals surface area contributed by atoms with Crippen LogP contribution in [0.4, 0.5) is 0 Å². The van der Waals surface area contributed by atoms with Gasteiger partial charge in [0, 0.05) is 0 Å². The van der Waals surface area contributed by atoms with Gasteiger partial charge >= 0.3 is 0 Å². The van der Waals surface area contributed by atoms with Crippen molar-refractivity contribution in [3.8, 4) is 0 Å². The summed E-state index contributed by atoms with van der Waals surface area (Å²) in [5.74, 6) is 0.816. The predicted octanol–water partition coefficient (Wildman–Crippen LogP) is 0.443. The van der Waals surface area contributed by atoms with E-state index in [0.717, 1.165) is 0 Å². The molecule has 0 aliphatic carbocycles. The van der Waals surface area contributed by atoms with E-state index in [2.05, 4.69) is 27.7 Å². The first-order chi connectivity index (χ1) is 15.5. The molecule has 0 fully saturated rings. The van der Waals surface area contributed by atoms with E-state index in [0.29, 0.717) is 115 Å². The molecular weight excluding hydrogens is 436 g/mol. The highest BCUT2D eigenvalue weighted by molar-refractivity contribution is 5.98. The molecule has 1 N–H and O–H groups in total. The topological polar surface area (TPSA) is 94.1 Å². The van der Waals surface area contributed by atoms with Gasteiger partial charge in [0.2, 0.25) is 0 Å². The van der Waals surface area contributed by atoms with Crippen LogP contribution in [0, 0.1) is 11.8 Å². The third kappa shape index (κ3) is 16.5. The van der Waals surface area contributed by atoms with Crippen molar-refractivity contribution in [1.82, 2.24) is 0 Å². The highest BCUT2D eigenvalue weighted by Crippen LogP contribution is 2.29. The van der Waals surface area contributed by atoms with Crippen molar-refractivity contribution in [3.05, 3.63) is 0 Å². The summed E-state index contributed by atoms with van der Waals surface area (Å²) in [6.45, 7) is 16.0. The van der Waals surface area contributed by atoms with E-state index in [9.17, 15) is 0 Å². The molecule has 10 heteroatoms. The minimum atomic E-state index is -0.204. The number of aliphatic hydroxyl groups is 1. The first kappa shape index (κ1) is 31.9. The fourth-order valence-corrected chi connectivity index (χ4v) is 4.21. The summed E-state index contributed by atoms with van der Waals surface area (Å²) in [5, 5.41) is 8.55. The number of ether oxygens (including phenoxy) is 7. The van der Waals surface area contributed by atoms with E-state index in [1.165, 1.54) is 0 Å². The molecule has 0 rings (SSSR count). The van der Waals surface area contributed by atoms with Crippen LogP contribution >= 0.6 is 0 Å². The fraction of sp³-hybridized carbons (Fsp3) is 1.00. The van der Waals surface area contributed by atoms with Gasteiger partial charge in [-0.3, -0.25) is 0 Å². The predicted molar refractivity (Wildman–Crippen MR) is 126 cm³/mol. The maximum Gasteiger partial charge on any atom is 0.146 e. The highest BCUT2D eigenvalue weighted by atomic mass is 28.2. The van der Waals surface area contributed by atoms with Gasteiger partial charge in [0.05, 0.1) is 105 Å². The van der Waals surface area contributed by atoms with Gasteiger partial charge in [-0.05, 0) is 11.8 Å². The number of hydrogen-bond donors (Lipinski definition) is 1. The van der Waals surface area contributed by atoms with Crippen LogP contribution in [-0.2, 0) is 37.6 Å². The molecule has 32 heavy (non-hydrogen) atoms. The molecule has 0 spiro atoms. The quantitative estimate of drug-likeness (QED) is 0.146. The molecular formula is C22H48O9Si. The van der Waals surface area contributed by atoms with Crippen LogP contribution in [0.1, 0.15) is 27.7 Å². The standard InChI is InChI=1S/C22H48O9Si/c1-20(2)22(31-32,21(3)4)19-30-18-17-29-16-15-28-14-13-27-12-11-26-10-9-25-8-7-24-6-5-23/h20-21,23H,5-19H2,1-4,32H3. The van der Waals surface area contributed by atoms with Crippen LogP contribution in [0.2, 0.25) is 0 Å². The summed E-state index contributed by atoms with van der Waals surface area (Å²) in [6, 6.07) is 0. The second-order valence-corrected chi connectivity index (χ2v) is 8.33. The van der Waals surface area contributed by atoms with Crippen LogP contribution in [0.5, 0.6) is 0 Å². The van der Waals surface area contributed by atoms with Crippen LogP contribution in [0.25, 0.3) is 0 Å². The maximum atomic E-state index is 8.55. The van der Waals surface area contributed by atoms with Crippen molar-refractivity contribution in [2.75, 3.05) is 99.1 Å². The Hall–Kier alpha value is -0.143. The Morgan fingerprint density at radius 2 is 0.812 bits per heavy atom. The smallest absolute Gasteiger partial charge is 0.146 e. The summed E-state index contributed by atoms with van der Waals surface area (Å²) >= 11 is 0. The molecule has 0 radical (unpaired) electrons. The summed E-state index contributed by atoms with van der Waals surface area (Å²) in [6.07, 6.45) is 0. The van der Waals surface area contributed by atoms with Crippen molar-refractivity contribution in [3.63, 3.8) is 0 Å². The third-order valence-electron chi connectivity index (χ3n) is 5.13. The van der Waals surface area contributed by atoms with Gasteiger partial charge in [0.1, 0.15) is 10.5 Å². The molecule has 0 aliphatic rings. The molecule has 0 aromatic heterocycles. The number of rotatable bonds is 25. The van der Waals surface area contributed by atoms with Crippen molar-refractivity contribution < 1.29 is 42.7 Å². The first-order valence-electron chi connectivity index (χ1n) is 11.7. The zero-order chi connectivity index (χ0) is 23.9. The van der Waals surface area contributed by atoms with Gasteiger partial charge in [0.15, 0.2) is 0 Å². The summed E-state index contributed by atoms with van der Waals surface area (Å²) in [7, 11) is 0.703. The van der Waals surface area contributed by atoms with E-state index < -0.39 is 0 Å². The molecule has 9 nitrogen and oxygen atoms in total. The van der Waals surface area contributed by atoms with Crippen molar-refractivity contribution in [1.29, 1.82) is 0 Å². The second-order valence-electron chi connectivity index (χ2n) is 7.92. The molecule has 0 amide bonds. The second kappa shape index (κ2) is 22.6. The normalized spacial score (nSPS) is 12.5. The third-order valence-corrected chi connectivity index (χ3v) is 5.89. The van der Waals surface area contributed by atoms with Gasteiger partial charge in [0.25, 0.3) is 0 Å². The van der Waals surface area contributed by atoms with E-state index >= 15 is 0 Å². The molecule has 194 valence electrons. The van der Waals surface area contributed by atoms with Crippen LogP contribution in [-0.4, -0.2) is 120 Å². The molecule has 0 bridgehead atoms. The minimum Gasteiger partial charge on any atom is -0.420 e. The van der Waals surface area contributed by atoms with Crippen molar-refractivity contribution >= 4 is 10.5 Å². The Balaban J connectivity index is 3.32. The Morgan fingerprint density at radius 3 is 1.06 bits per heavy atom. The lowest BCUT2D eigenvalue weighted by Crippen LogP contribution is -2.47. The number of hydrogen-bond acceptors (Lipinski definition) is 9. The molecule has 0 aromatic carbocycles. The van der Waals surface area contributed by atoms with Crippen LogP contribution < -0.4 is 0 Å². The monoisotopic (exact) mass is 484 g/mol. The summed E-state index contributed by atoms with van der Waals surface area (Å²) in [4.78, 5) is 0. The lowest BCUT2D eigenvalue weighted by molar-refractivity contribution is -0.0920. The van der Waals surface area contributed by atoms with Crippen LogP contribution in [0.15, 0.2) is 0 Å². The lowest BCUT2D eigenvalue weighted by atomic mass is 9.81. The molecule has 0 atom stereocenters. The van der Waals surface area contributed by atoms with E-state index in [4.69, 9.17) is 42.7 Å². The Labute approximate surface area is 197 Å². The summed E-state index contributed by atoms with van der Waals surface area (Å²) in [5.41, 5.74) is -0.204.